The predicted molar refractivity (Wildman–Crippen MR) is 276 cm³/mol. The van der Waals surface area contributed by atoms with Crippen LogP contribution in [0.2, 0.25) is 0 Å². The molecule has 3 saturated heterocycles. The summed E-state index contributed by atoms with van der Waals surface area (Å²) in [5.74, 6) is -5.52. The first-order chi connectivity index (χ1) is 33.8. The molecule has 3 heterocycles. The van der Waals surface area contributed by atoms with Gasteiger partial charge in [0.05, 0.1) is 60.1 Å². The highest BCUT2D eigenvalue weighted by Gasteiger charge is 2.53. The first kappa shape index (κ1) is 65.1. The van der Waals surface area contributed by atoms with Gasteiger partial charge in [-0.2, -0.15) is 0 Å². The molecule has 424 valence electrons. The molecule has 0 saturated carbocycles. The highest BCUT2D eigenvalue weighted by atomic mass is 33.1. The van der Waals surface area contributed by atoms with E-state index in [1.54, 1.807) is 62.4 Å². The molecular weight excluding hydrogens is 991 g/mol. The van der Waals surface area contributed by atoms with Crippen molar-refractivity contribution in [2.24, 2.45) is 23.7 Å². The van der Waals surface area contributed by atoms with Gasteiger partial charge in [0.1, 0.15) is 35.7 Å². The third-order valence-corrected chi connectivity index (χ3v) is 17.3. The Balaban J connectivity index is 2.18. The summed E-state index contributed by atoms with van der Waals surface area (Å²) in [6.07, 6.45) is -10.0. The van der Waals surface area contributed by atoms with E-state index in [2.05, 4.69) is 5.32 Å². The molecule has 1 amide bonds. The maximum Gasteiger partial charge on any atom is 0.330 e. The van der Waals surface area contributed by atoms with Crippen molar-refractivity contribution in [3.63, 3.8) is 0 Å². The van der Waals surface area contributed by atoms with Gasteiger partial charge in [0.25, 0.3) is 0 Å². The second kappa shape index (κ2) is 28.4. The molecule has 0 unspecified atom stereocenters. The summed E-state index contributed by atoms with van der Waals surface area (Å²) < 4.78 is 50.2. The normalized spacial score (nSPS) is 39.3. The third-order valence-electron chi connectivity index (χ3n) is 14.8. The van der Waals surface area contributed by atoms with Gasteiger partial charge in [-0.25, -0.2) is 4.79 Å². The van der Waals surface area contributed by atoms with Crippen molar-refractivity contribution in [3.8, 4) is 0 Å². The average molecular weight is 1080 g/mol. The van der Waals surface area contributed by atoms with E-state index in [0.29, 0.717) is 13.0 Å². The van der Waals surface area contributed by atoms with Gasteiger partial charge >= 0.3 is 17.9 Å². The zero-order valence-electron chi connectivity index (χ0n) is 46.5. The van der Waals surface area contributed by atoms with Crippen LogP contribution in [-0.4, -0.2) is 209 Å². The number of carbonyl (C=O) groups is 5. The van der Waals surface area contributed by atoms with Crippen molar-refractivity contribution in [2.45, 2.75) is 218 Å². The topological polar surface area (TPSA) is 259 Å². The summed E-state index contributed by atoms with van der Waals surface area (Å²) in [5.41, 5.74) is -4.75. The van der Waals surface area contributed by atoms with Crippen molar-refractivity contribution in [1.29, 1.82) is 0 Å². The number of ether oxygens (including phenoxy) is 8. The molecule has 0 aromatic rings. The molecule has 0 aromatic carbocycles. The van der Waals surface area contributed by atoms with Gasteiger partial charge in [0.15, 0.2) is 18.7 Å². The number of nitrogens with one attached hydrogen (secondary N) is 1. The number of aliphatic hydroxyl groups is 4. The number of esters is 3. The minimum atomic E-state index is -1.89. The minimum absolute atomic E-state index is 0.00782. The Morgan fingerprint density at radius 1 is 0.904 bits per heavy atom. The van der Waals surface area contributed by atoms with Crippen LogP contribution in [0.5, 0.6) is 0 Å². The van der Waals surface area contributed by atoms with Crippen LogP contribution in [0.1, 0.15) is 122 Å². The summed E-state index contributed by atoms with van der Waals surface area (Å²) in [6.45, 7) is 22.0. The molecule has 0 bridgehead atoms. The number of carbonyl (C=O) groups excluding carboxylic acids is 5. The molecule has 0 aromatic heterocycles. The summed E-state index contributed by atoms with van der Waals surface area (Å²) in [4.78, 5) is 69.9. The van der Waals surface area contributed by atoms with E-state index in [-0.39, 0.29) is 55.5 Å². The van der Waals surface area contributed by atoms with E-state index in [0.717, 1.165) is 0 Å². The van der Waals surface area contributed by atoms with Crippen LogP contribution in [0.4, 0.5) is 0 Å². The first-order valence-corrected chi connectivity index (χ1v) is 28.3. The van der Waals surface area contributed by atoms with Gasteiger partial charge in [-0.15, -0.1) is 0 Å². The van der Waals surface area contributed by atoms with Crippen LogP contribution >= 0.6 is 21.6 Å². The first-order valence-electron chi connectivity index (χ1n) is 25.8. The fraction of sp³-hybridized carbons (Fsp3) is 0.902. The lowest BCUT2D eigenvalue weighted by Gasteiger charge is -2.49. The largest absolute Gasteiger partial charge is 0.466 e. The molecule has 3 aliphatic rings. The van der Waals surface area contributed by atoms with Crippen LogP contribution in [0.25, 0.3) is 0 Å². The number of methoxy groups -OCH3 is 1. The lowest BCUT2D eigenvalue weighted by Crippen LogP contribution is -2.61. The smallest absolute Gasteiger partial charge is 0.330 e. The lowest BCUT2D eigenvalue weighted by molar-refractivity contribution is -0.319. The van der Waals surface area contributed by atoms with Crippen LogP contribution in [0, 0.1) is 23.7 Å². The SMILES string of the molecule is CCOC(=O)[C@H](CSSC[C@H](NC(C)=O)C(=O)O[C@H]1[C@H](O[C@@H]2[C@@H](C)[C@H](O[C@H]3C[C@@](C)(OC)[C@@H](O)[C@H](C)O3)[C@@H](C)C(=O)O[C@H](CC)[C@@](C)(O)[C@H](O)[C@@H](C)N(C)C[C@H](C)C[C@@]2(C)O)O[C@H](C)C[C@@H]1N(C)C)CC(C)=O. The van der Waals surface area contributed by atoms with Crippen LogP contribution in [0.3, 0.4) is 0 Å². The minimum Gasteiger partial charge on any atom is -0.466 e. The Kier molecular flexibility index (Phi) is 25.4. The molecule has 22 heteroatoms. The summed E-state index contributed by atoms with van der Waals surface area (Å²) in [6, 6.07) is -2.30. The van der Waals surface area contributed by atoms with E-state index in [9.17, 15) is 44.4 Å². The van der Waals surface area contributed by atoms with Gasteiger partial charge in [-0.1, -0.05) is 42.4 Å². The number of rotatable bonds is 19. The van der Waals surface area contributed by atoms with Gasteiger partial charge in [-0.05, 0) is 109 Å². The van der Waals surface area contributed by atoms with Crippen molar-refractivity contribution in [1.82, 2.24) is 15.1 Å². The summed E-state index contributed by atoms with van der Waals surface area (Å²) in [5, 5.41) is 50.5. The summed E-state index contributed by atoms with van der Waals surface area (Å²) >= 11 is 0. The number of nitrogens with zero attached hydrogens (tertiary/aromatic N) is 2. The van der Waals surface area contributed by atoms with E-state index in [4.69, 9.17) is 37.9 Å². The Bertz CT molecular complexity index is 1800. The van der Waals surface area contributed by atoms with Gasteiger partial charge < -0.3 is 78.2 Å². The molecule has 3 rings (SSSR count). The Labute approximate surface area is 442 Å². The van der Waals surface area contributed by atoms with Crippen molar-refractivity contribution >= 4 is 51.2 Å². The standard InChI is InChI=1S/C51H91N3O17S2/c1-18-38-51(13,63)42(57)32(8)54(16)24-27(3)22-49(11,62)44(30(6)40(31(7)45(59)68-38)69-39-23-50(12,64-17)43(58)33(9)67-39)71-48-41(37(53(14)15)21-29(5)66-48)70-47(61)36(52-34(10)56)26-73-72-25-35(20-28(4)55)46(60)65-19-2/h27,29-33,35-44,48,57-58,62-63H,18-26H2,1-17H3,(H,52,56)/t27-,29-,30+,31-,32-,33+,35+,36+,37+,38-,39+,40+,41-,42-,43+,44-,48+,49-,50-,51-/m1/s1. The number of hydrogen-bond donors (Lipinski definition) is 5. The lowest BCUT2D eigenvalue weighted by atomic mass is 9.77. The molecule has 20 nitrogen and oxygen atoms in total. The van der Waals surface area contributed by atoms with Crippen molar-refractivity contribution in [3.05, 3.63) is 0 Å². The third kappa shape index (κ3) is 17.7. The zero-order valence-corrected chi connectivity index (χ0v) is 48.1. The van der Waals surface area contributed by atoms with E-state index < -0.39 is 138 Å². The average Bonchev–Trinajstić information content (AvgIpc) is 3.29. The van der Waals surface area contributed by atoms with E-state index in [1.807, 2.05) is 37.7 Å². The highest BCUT2D eigenvalue weighted by molar-refractivity contribution is 8.76. The Hall–Kier alpha value is -2.19. The zero-order chi connectivity index (χ0) is 55.5. The fourth-order valence-corrected chi connectivity index (χ4v) is 13.0. The highest BCUT2D eigenvalue weighted by Crippen LogP contribution is 2.41. The monoisotopic (exact) mass is 1080 g/mol. The number of amides is 1. The van der Waals surface area contributed by atoms with Crippen LogP contribution in [-0.2, 0) is 61.9 Å². The number of aliphatic hydroxyl groups excluding tert-OH is 2. The van der Waals surface area contributed by atoms with Crippen LogP contribution in [0.15, 0.2) is 0 Å². The molecule has 73 heavy (non-hydrogen) atoms. The molecule has 3 aliphatic heterocycles. The second-order valence-corrected chi connectivity index (χ2v) is 24.3. The quantitative estimate of drug-likeness (QED) is 0.0537. The van der Waals surface area contributed by atoms with E-state index >= 15 is 0 Å². The van der Waals surface area contributed by atoms with Crippen molar-refractivity contribution < 1.29 is 82.3 Å². The maximum atomic E-state index is 14.6. The number of ketones is 1. The molecule has 0 radical (unpaired) electrons. The second-order valence-electron chi connectivity index (χ2n) is 21.8. The summed E-state index contributed by atoms with van der Waals surface area (Å²) in [7, 11) is 9.40. The van der Waals surface area contributed by atoms with Gasteiger partial charge in [-0.3, -0.25) is 14.4 Å². The van der Waals surface area contributed by atoms with Crippen molar-refractivity contribution in [2.75, 3.05) is 52.9 Å². The number of likely N-dealkylation sites (N-methyl/N-ethyl adjacent to an activating group) is 2. The number of Topliss-reactive ketones (excluding diaryl/α,β-unsaturated/α-hetero) is 1. The Morgan fingerprint density at radius 2 is 1.53 bits per heavy atom. The molecule has 3 fully saturated rings. The van der Waals surface area contributed by atoms with Gasteiger partial charge in [0.2, 0.25) is 5.91 Å². The molecule has 5 N–H and O–H groups in total. The fourth-order valence-electron chi connectivity index (χ4n) is 10.5. The number of cyclic esters (lactones) is 1. The molecule has 20 atom stereocenters. The Morgan fingerprint density at radius 3 is 2.10 bits per heavy atom. The van der Waals surface area contributed by atoms with Gasteiger partial charge in [0, 0.05) is 56.9 Å². The van der Waals surface area contributed by atoms with Crippen LogP contribution < -0.4 is 5.32 Å². The molecule has 0 spiro atoms. The molecule has 0 aliphatic carbocycles. The number of hydrogen-bond acceptors (Lipinski definition) is 21. The predicted octanol–water partition coefficient (Wildman–Crippen LogP) is 3.50. The maximum absolute atomic E-state index is 14.6. The molecular formula is C51H91N3O17S2. The van der Waals surface area contributed by atoms with E-state index in [1.165, 1.54) is 49.5 Å².